The van der Waals surface area contributed by atoms with Gasteiger partial charge in [-0.25, -0.2) is 8.78 Å². The number of hydrogen-bond donors (Lipinski definition) is 3. The van der Waals surface area contributed by atoms with Crippen LogP contribution in [0.5, 0.6) is 0 Å². The molecule has 0 aliphatic carbocycles. The molecule has 0 heterocycles. The Bertz CT molecular complexity index is 567. The Labute approximate surface area is 131 Å². The van der Waals surface area contributed by atoms with E-state index in [1.165, 1.54) is 0 Å². The Morgan fingerprint density at radius 2 is 1.82 bits per heavy atom. The quantitative estimate of drug-likeness (QED) is 0.570. The lowest BCUT2D eigenvalue weighted by molar-refractivity contribution is -0.136. The Balaban J connectivity index is 2.58. The van der Waals surface area contributed by atoms with Gasteiger partial charge in [-0.05, 0) is 18.4 Å². The van der Waals surface area contributed by atoms with Crippen molar-refractivity contribution >= 4 is 29.1 Å². The molecule has 2 amide bonds. The van der Waals surface area contributed by atoms with Gasteiger partial charge in [0.1, 0.15) is 0 Å². The van der Waals surface area contributed by atoms with Crippen molar-refractivity contribution in [1.29, 1.82) is 0 Å². The summed E-state index contributed by atoms with van der Waals surface area (Å²) in [6, 6.07) is 1.37. The summed E-state index contributed by atoms with van der Waals surface area (Å²) in [6.07, 6.45) is -0.305. The van der Waals surface area contributed by atoms with E-state index in [2.05, 4.69) is 10.6 Å². The molecule has 0 aliphatic rings. The summed E-state index contributed by atoms with van der Waals surface area (Å²) in [5.74, 6) is -4.23. The number of amides is 2. The third-order valence-electron chi connectivity index (χ3n) is 2.71. The molecule has 1 aromatic rings. The van der Waals surface area contributed by atoms with Gasteiger partial charge in [0.25, 0.3) is 0 Å². The van der Waals surface area contributed by atoms with Gasteiger partial charge in [-0.2, -0.15) is 0 Å². The number of anilines is 1. The summed E-state index contributed by atoms with van der Waals surface area (Å²) in [5, 5.41) is 13.7. The maximum absolute atomic E-state index is 13.1. The highest BCUT2D eigenvalue weighted by molar-refractivity contribution is 6.41. The lowest BCUT2D eigenvalue weighted by Crippen LogP contribution is -2.39. The van der Waals surface area contributed by atoms with Gasteiger partial charge in [-0.3, -0.25) is 9.59 Å². The molecular formula is C14H17ClF2N2O3. The number of aliphatic hydroxyl groups excluding tert-OH is 1. The molecule has 3 N–H and O–H groups in total. The average Bonchev–Trinajstić information content (AvgIpc) is 2.41. The van der Waals surface area contributed by atoms with Crippen LogP contribution in [0.25, 0.3) is 0 Å². The zero-order valence-corrected chi connectivity index (χ0v) is 12.9. The largest absolute Gasteiger partial charge is 0.391 e. The Kier molecular flexibility index (Phi) is 6.70. The monoisotopic (exact) mass is 334 g/mol. The minimum atomic E-state index is -1.20. The molecule has 1 aromatic carbocycles. The summed E-state index contributed by atoms with van der Waals surface area (Å²) in [7, 11) is 0. The first-order valence-corrected chi connectivity index (χ1v) is 7.00. The molecule has 22 heavy (non-hydrogen) atoms. The van der Waals surface area contributed by atoms with Crippen LogP contribution >= 0.6 is 11.6 Å². The second-order valence-electron chi connectivity index (χ2n) is 5.19. The second-order valence-corrected chi connectivity index (χ2v) is 5.60. The summed E-state index contributed by atoms with van der Waals surface area (Å²) >= 11 is 5.64. The van der Waals surface area contributed by atoms with E-state index < -0.39 is 29.6 Å². The van der Waals surface area contributed by atoms with E-state index in [0.29, 0.717) is 18.6 Å². The van der Waals surface area contributed by atoms with Gasteiger partial charge < -0.3 is 15.7 Å². The molecule has 0 radical (unpaired) electrons. The Morgan fingerprint density at radius 1 is 1.23 bits per heavy atom. The Morgan fingerprint density at radius 3 is 2.41 bits per heavy atom. The number of carbonyl (C=O) groups is 2. The van der Waals surface area contributed by atoms with Crippen LogP contribution in [-0.2, 0) is 9.59 Å². The minimum Gasteiger partial charge on any atom is -0.391 e. The predicted octanol–water partition coefficient (Wildman–Crippen LogP) is 2.08. The molecule has 0 saturated heterocycles. The highest BCUT2D eigenvalue weighted by atomic mass is 35.5. The summed E-state index contributed by atoms with van der Waals surface area (Å²) in [4.78, 5) is 23.2. The fourth-order valence-electron chi connectivity index (χ4n) is 1.72. The summed E-state index contributed by atoms with van der Waals surface area (Å²) in [5.41, 5.74) is -0.219. The van der Waals surface area contributed by atoms with Gasteiger partial charge in [0.2, 0.25) is 0 Å². The standard InChI is InChI=1S/C14H17ClF2N2O3/c1-7(2)3-8(20)6-18-13(21)14(22)19-12-5-11(17)10(16)4-9(12)15/h4-5,7-8,20H,3,6H2,1-2H3,(H,18,21)(H,19,22). The number of hydrogen-bond acceptors (Lipinski definition) is 3. The third-order valence-corrected chi connectivity index (χ3v) is 3.02. The third kappa shape index (κ3) is 5.57. The Hall–Kier alpha value is -1.73. The molecule has 8 heteroatoms. The van der Waals surface area contributed by atoms with Crippen molar-refractivity contribution in [3.05, 3.63) is 28.8 Å². The molecule has 0 spiro atoms. The van der Waals surface area contributed by atoms with Crippen LogP contribution in [0.2, 0.25) is 5.02 Å². The predicted molar refractivity (Wildman–Crippen MR) is 78.5 cm³/mol. The van der Waals surface area contributed by atoms with E-state index in [1.807, 2.05) is 13.8 Å². The van der Waals surface area contributed by atoms with Crippen molar-refractivity contribution in [1.82, 2.24) is 5.32 Å². The smallest absolute Gasteiger partial charge is 0.313 e. The molecule has 0 aliphatic heterocycles. The first kappa shape index (κ1) is 18.3. The number of carbonyl (C=O) groups excluding carboxylic acids is 2. The maximum atomic E-state index is 13.1. The van der Waals surface area contributed by atoms with E-state index >= 15 is 0 Å². The van der Waals surface area contributed by atoms with Gasteiger partial charge in [-0.15, -0.1) is 0 Å². The van der Waals surface area contributed by atoms with Crippen molar-refractivity contribution in [2.45, 2.75) is 26.4 Å². The van der Waals surface area contributed by atoms with Gasteiger partial charge in [0.05, 0.1) is 16.8 Å². The fourth-order valence-corrected chi connectivity index (χ4v) is 1.91. The van der Waals surface area contributed by atoms with Gasteiger partial charge >= 0.3 is 11.8 Å². The summed E-state index contributed by atoms with van der Waals surface area (Å²) < 4.78 is 26.0. The molecule has 1 rings (SSSR count). The first-order chi connectivity index (χ1) is 10.2. The van der Waals surface area contributed by atoms with Gasteiger partial charge in [0.15, 0.2) is 11.6 Å². The maximum Gasteiger partial charge on any atom is 0.313 e. The zero-order valence-electron chi connectivity index (χ0n) is 12.1. The number of aliphatic hydroxyl groups is 1. The normalized spacial score (nSPS) is 12.1. The number of nitrogens with one attached hydrogen (secondary N) is 2. The van der Waals surface area contributed by atoms with Crippen molar-refractivity contribution < 1.29 is 23.5 Å². The number of rotatable bonds is 5. The highest BCUT2D eigenvalue weighted by Crippen LogP contribution is 2.24. The lowest BCUT2D eigenvalue weighted by Gasteiger charge is -2.14. The zero-order chi connectivity index (χ0) is 16.9. The van der Waals surface area contributed by atoms with E-state index in [0.717, 1.165) is 0 Å². The van der Waals surface area contributed by atoms with E-state index in [-0.39, 0.29) is 23.2 Å². The van der Waals surface area contributed by atoms with Crippen molar-refractivity contribution in [3.63, 3.8) is 0 Å². The molecule has 1 atom stereocenters. The fraction of sp³-hybridized carbons (Fsp3) is 0.429. The van der Waals surface area contributed by atoms with Crippen LogP contribution < -0.4 is 10.6 Å². The molecule has 0 bridgehead atoms. The SMILES string of the molecule is CC(C)CC(O)CNC(=O)C(=O)Nc1cc(F)c(F)cc1Cl. The molecule has 0 saturated carbocycles. The molecule has 122 valence electrons. The van der Waals surface area contributed by atoms with Gasteiger partial charge in [0, 0.05) is 12.6 Å². The minimum absolute atomic E-state index is 0.0874. The van der Waals surface area contributed by atoms with E-state index in [4.69, 9.17) is 11.6 Å². The summed E-state index contributed by atoms with van der Waals surface area (Å²) in [6.45, 7) is 3.72. The molecule has 0 aromatic heterocycles. The first-order valence-electron chi connectivity index (χ1n) is 6.62. The van der Waals surface area contributed by atoms with Crippen LogP contribution in [0.4, 0.5) is 14.5 Å². The van der Waals surface area contributed by atoms with Crippen LogP contribution in [0, 0.1) is 17.6 Å². The van der Waals surface area contributed by atoms with Crippen molar-refractivity contribution in [2.24, 2.45) is 5.92 Å². The van der Waals surface area contributed by atoms with Crippen LogP contribution in [0.1, 0.15) is 20.3 Å². The second kappa shape index (κ2) is 8.05. The van der Waals surface area contributed by atoms with Crippen molar-refractivity contribution in [2.75, 3.05) is 11.9 Å². The van der Waals surface area contributed by atoms with Gasteiger partial charge in [-0.1, -0.05) is 25.4 Å². The molecule has 5 nitrogen and oxygen atoms in total. The topological polar surface area (TPSA) is 78.4 Å². The van der Waals surface area contributed by atoms with Crippen LogP contribution in [0.3, 0.4) is 0 Å². The molecule has 0 fully saturated rings. The number of benzene rings is 1. The molecule has 1 unspecified atom stereocenters. The number of halogens is 3. The molecular weight excluding hydrogens is 318 g/mol. The van der Waals surface area contributed by atoms with E-state index in [9.17, 15) is 23.5 Å². The lowest BCUT2D eigenvalue weighted by atomic mass is 10.1. The van der Waals surface area contributed by atoms with Crippen LogP contribution in [0.15, 0.2) is 12.1 Å². The van der Waals surface area contributed by atoms with Crippen molar-refractivity contribution in [3.8, 4) is 0 Å². The van der Waals surface area contributed by atoms with Crippen LogP contribution in [-0.4, -0.2) is 29.6 Å². The van der Waals surface area contributed by atoms with E-state index in [1.54, 1.807) is 0 Å². The highest BCUT2D eigenvalue weighted by Gasteiger charge is 2.18. The average molecular weight is 335 g/mol.